The molecule has 0 unspecified atom stereocenters. The Morgan fingerprint density at radius 3 is 2.20 bits per heavy atom. The van der Waals surface area contributed by atoms with Crippen LogP contribution in [-0.2, 0) is 22.4 Å². The molecule has 6 rings (SSSR count). The fourth-order valence-corrected chi connectivity index (χ4v) is 7.61. The van der Waals surface area contributed by atoms with Gasteiger partial charge in [-0.05, 0) is 86.2 Å². The maximum Gasteiger partial charge on any atom is 0.410 e. The molecule has 0 aliphatic carbocycles. The minimum absolute atomic E-state index is 0.0284. The van der Waals surface area contributed by atoms with E-state index < -0.39 is 12.2 Å². The molecule has 2 aromatic rings. The van der Waals surface area contributed by atoms with E-state index in [1.54, 1.807) is 4.90 Å². The summed E-state index contributed by atoms with van der Waals surface area (Å²) in [5.41, 5.74) is 4.31. The van der Waals surface area contributed by atoms with Crippen LogP contribution in [0.5, 0.6) is 5.75 Å². The SMILES string of the molecule is Bc1cc(C[C@@H](OC(=O)N2CCC(N3CCc4ccccc4NC3=O)CC2)C(=O)N2CCC(N3CCCC3)CC2)cc(B)c1O. The first kappa shape index (κ1) is 31.3. The van der Waals surface area contributed by atoms with Crippen LogP contribution in [-0.4, -0.2) is 122 Å². The van der Waals surface area contributed by atoms with Crippen molar-refractivity contribution in [3.63, 3.8) is 0 Å². The molecule has 45 heavy (non-hydrogen) atoms. The molecule has 1 atom stereocenters. The molecule has 4 aliphatic heterocycles. The molecule has 0 radical (unpaired) electrons. The minimum Gasteiger partial charge on any atom is -0.509 e. The molecule has 0 aromatic heterocycles. The number of aromatic hydroxyl groups is 1. The van der Waals surface area contributed by atoms with Crippen molar-refractivity contribution in [1.29, 1.82) is 0 Å². The molecule has 0 bridgehead atoms. The Labute approximate surface area is 267 Å². The number of nitrogens with one attached hydrogen (secondary N) is 1. The fourth-order valence-electron chi connectivity index (χ4n) is 7.61. The second kappa shape index (κ2) is 13.8. The van der Waals surface area contributed by atoms with E-state index in [4.69, 9.17) is 4.74 Å². The standard InChI is InChI=1S/C33H45B2N5O5/c34-26-19-22(20-27(35)30(26)41)21-29(31(42)38-14-8-24(9-15-38)37-12-3-4-13-37)45-33(44)39-16-10-25(11-17-39)40-18-7-23-5-1-2-6-28(23)36-32(40)43/h1-2,5-6,19-20,24-25,29,41H,3-4,7-18,21,34-35H2,(H,36,43)/t29-/m1/s1. The quantitative estimate of drug-likeness (QED) is 0.463. The molecule has 4 heterocycles. The van der Waals surface area contributed by atoms with Crippen LogP contribution in [0.2, 0.25) is 0 Å². The highest BCUT2D eigenvalue weighted by Crippen LogP contribution is 2.26. The van der Waals surface area contributed by atoms with Gasteiger partial charge in [0.15, 0.2) is 6.10 Å². The van der Waals surface area contributed by atoms with Crippen molar-refractivity contribution >= 4 is 50.3 Å². The third kappa shape index (κ3) is 7.11. The predicted octanol–water partition coefficient (Wildman–Crippen LogP) is 0.598. The highest BCUT2D eigenvalue weighted by Gasteiger charge is 2.36. The Morgan fingerprint density at radius 1 is 0.889 bits per heavy atom. The summed E-state index contributed by atoms with van der Waals surface area (Å²) in [6.07, 6.45) is 5.28. The maximum absolute atomic E-state index is 13.9. The number of amides is 4. The highest BCUT2D eigenvalue weighted by atomic mass is 16.6. The van der Waals surface area contributed by atoms with E-state index >= 15 is 0 Å². The van der Waals surface area contributed by atoms with Crippen molar-refractivity contribution in [1.82, 2.24) is 19.6 Å². The second-order valence-electron chi connectivity index (χ2n) is 13.2. The van der Waals surface area contributed by atoms with Crippen molar-refractivity contribution in [2.45, 2.75) is 69.6 Å². The fraction of sp³-hybridized carbons (Fsp3) is 0.545. The van der Waals surface area contributed by atoms with Crippen LogP contribution in [0, 0.1) is 0 Å². The van der Waals surface area contributed by atoms with Crippen LogP contribution in [0.15, 0.2) is 36.4 Å². The van der Waals surface area contributed by atoms with Crippen molar-refractivity contribution < 1.29 is 24.2 Å². The van der Waals surface area contributed by atoms with Crippen molar-refractivity contribution in [2.75, 3.05) is 51.1 Å². The number of para-hydroxylation sites is 1. The number of hydrogen-bond acceptors (Lipinski definition) is 6. The monoisotopic (exact) mass is 613 g/mol. The Morgan fingerprint density at radius 2 is 1.51 bits per heavy atom. The highest BCUT2D eigenvalue weighted by molar-refractivity contribution is 6.41. The number of carbonyl (C=O) groups is 3. The Balaban J connectivity index is 1.09. The zero-order valence-corrected chi connectivity index (χ0v) is 26.7. The third-order valence-electron chi connectivity index (χ3n) is 10.2. The Kier molecular flexibility index (Phi) is 9.58. The molecule has 12 heteroatoms. The number of nitrogens with zero attached hydrogens (tertiary/aromatic N) is 4. The largest absolute Gasteiger partial charge is 0.509 e. The number of rotatable bonds is 6. The zero-order valence-electron chi connectivity index (χ0n) is 26.7. The number of ether oxygens (including phenoxy) is 1. The molecule has 3 fully saturated rings. The minimum atomic E-state index is -0.947. The van der Waals surface area contributed by atoms with Crippen molar-refractivity contribution in [2.24, 2.45) is 0 Å². The average Bonchev–Trinajstić information content (AvgIpc) is 3.53. The topological polar surface area (TPSA) is 106 Å². The predicted molar refractivity (Wildman–Crippen MR) is 179 cm³/mol. The first-order valence-electron chi connectivity index (χ1n) is 16.7. The van der Waals surface area contributed by atoms with Crippen LogP contribution in [0.25, 0.3) is 0 Å². The number of piperidine rings is 2. The lowest BCUT2D eigenvalue weighted by atomic mass is 9.83. The number of fused-ring (bicyclic) bond motifs is 1. The van der Waals surface area contributed by atoms with Gasteiger partial charge in [-0.1, -0.05) is 30.3 Å². The van der Waals surface area contributed by atoms with Gasteiger partial charge in [0.1, 0.15) is 21.4 Å². The molecule has 4 aliphatic rings. The summed E-state index contributed by atoms with van der Waals surface area (Å²) in [4.78, 5) is 48.5. The molecule has 0 saturated carbocycles. The third-order valence-corrected chi connectivity index (χ3v) is 10.2. The maximum atomic E-state index is 13.9. The summed E-state index contributed by atoms with van der Waals surface area (Å²) in [5, 5.41) is 13.3. The number of anilines is 1. The van der Waals surface area contributed by atoms with Gasteiger partial charge in [-0.2, -0.15) is 0 Å². The lowest BCUT2D eigenvalue weighted by Gasteiger charge is -2.39. The summed E-state index contributed by atoms with van der Waals surface area (Å²) in [7, 11) is 3.68. The summed E-state index contributed by atoms with van der Waals surface area (Å²) in [6.45, 7) is 5.16. The van der Waals surface area contributed by atoms with Gasteiger partial charge in [0.2, 0.25) is 0 Å². The lowest BCUT2D eigenvalue weighted by Crippen LogP contribution is -2.52. The Bertz CT molecular complexity index is 1380. The van der Waals surface area contributed by atoms with Gasteiger partial charge in [-0.25, -0.2) is 9.59 Å². The second-order valence-corrected chi connectivity index (χ2v) is 13.2. The number of likely N-dealkylation sites (tertiary alicyclic amines) is 3. The van der Waals surface area contributed by atoms with Crippen LogP contribution >= 0.6 is 0 Å². The molecule has 3 saturated heterocycles. The van der Waals surface area contributed by atoms with E-state index in [9.17, 15) is 19.5 Å². The van der Waals surface area contributed by atoms with Gasteiger partial charge in [-0.3, -0.25) is 4.79 Å². The first-order chi connectivity index (χ1) is 21.8. The van der Waals surface area contributed by atoms with Crippen molar-refractivity contribution in [3.05, 3.63) is 47.5 Å². The summed E-state index contributed by atoms with van der Waals surface area (Å²) >= 11 is 0. The van der Waals surface area contributed by atoms with Gasteiger partial charge in [-0.15, -0.1) is 0 Å². The summed E-state index contributed by atoms with van der Waals surface area (Å²) < 4.78 is 6.04. The molecule has 238 valence electrons. The lowest BCUT2D eigenvalue weighted by molar-refractivity contribution is -0.142. The van der Waals surface area contributed by atoms with Gasteiger partial charge >= 0.3 is 12.1 Å². The van der Waals surface area contributed by atoms with E-state index in [1.165, 1.54) is 12.8 Å². The number of hydrogen-bond donors (Lipinski definition) is 2. The van der Waals surface area contributed by atoms with Gasteiger partial charge in [0.25, 0.3) is 5.91 Å². The van der Waals surface area contributed by atoms with Crippen molar-refractivity contribution in [3.8, 4) is 5.75 Å². The van der Waals surface area contributed by atoms with Crippen LogP contribution in [0.1, 0.15) is 49.7 Å². The van der Waals surface area contributed by atoms with E-state index in [1.807, 2.05) is 61.9 Å². The van der Waals surface area contributed by atoms with Crippen LogP contribution in [0.4, 0.5) is 15.3 Å². The molecule has 4 amide bonds. The Hall–Kier alpha value is -3.66. The average molecular weight is 613 g/mol. The van der Waals surface area contributed by atoms with E-state index in [0.717, 1.165) is 60.1 Å². The number of urea groups is 1. The van der Waals surface area contributed by atoms with E-state index in [-0.39, 0.29) is 30.2 Å². The first-order valence-corrected chi connectivity index (χ1v) is 16.7. The smallest absolute Gasteiger partial charge is 0.410 e. The number of benzene rings is 2. The summed E-state index contributed by atoms with van der Waals surface area (Å²) in [6, 6.07) is 12.1. The molecule has 2 N–H and O–H groups in total. The number of carbonyl (C=O) groups excluding carboxylic acids is 3. The van der Waals surface area contributed by atoms with Gasteiger partial charge < -0.3 is 34.8 Å². The van der Waals surface area contributed by atoms with Gasteiger partial charge in [0.05, 0.1) is 0 Å². The molecule has 10 nitrogen and oxygen atoms in total. The normalized spacial score (nSPS) is 20.8. The molecule has 0 spiro atoms. The number of phenols is 1. The van der Waals surface area contributed by atoms with E-state index in [0.29, 0.717) is 51.6 Å². The van der Waals surface area contributed by atoms with E-state index in [2.05, 4.69) is 10.2 Å². The molecule has 2 aromatic carbocycles. The molecular formula is C33H45B2N5O5. The number of phenolic OH excluding ortho intramolecular Hbond substituents is 1. The van der Waals surface area contributed by atoms with Gasteiger partial charge in [0, 0.05) is 56.9 Å². The van der Waals surface area contributed by atoms with Crippen LogP contribution < -0.4 is 16.2 Å². The zero-order chi connectivity index (χ0) is 31.5. The van der Waals surface area contributed by atoms with Crippen LogP contribution in [0.3, 0.4) is 0 Å². The molecular weight excluding hydrogens is 568 g/mol. The summed E-state index contributed by atoms with van der Waals surface area (Å²) in [5.74, 6) is 0.0924.